The van der Waals surface area contributed by atoms with E-state index in [2.05, 4.69) is 9.47 Å². The molecule has 0 radical (unpaired) electrons. The summed E-state index contributed by atoms with van der Waals surface area (Å²) >= 11 is 0. The molecule has 0 amide bonds. The first kappa shape index (κ1) is 26.7. The van der Waals surface area contributed by atoms with Crippen LogP contribution >= 0.6 is 0 Å². The molecule has 1 rings (SSSR count). The number of rotatable bonds is 4. The molecule has 1 aliphatic heterocycles. The highest BCUT2D eigenvalue weighted by Crippen LogP contribution is 2.58. The van der Waals surface area contributed by atoms with Gasteiger partial charge in [-0.3, -0.25) is 4.79 Å². The minimum absolute atomic E-state index is 0.188. The molecule has 1 fully saturated rings. The SMILES string of the molecule is CCC1(OC(=O)C(C)(CC)C(F)(F)F)CC(C(F)(F)F)OC(O)(C(F)(F)F)C1(F)F. The monoisotopic (exact) mass is 470 g/mol. The fourth-order valence-electron chi connectivity index (χ4n) is 2.78. The van der Waals surface area contributed by atoms with Gasteiger partial charge in [0.25, 0.3) is 0 Å². The van der Waals surface area contributed by atoms with Crippen molar-refractivity contribution in [1.29, 1.82) is 0 Å². The van der Waals surface area contributed by atoms with E-state index in [0.717, 1.165) is 6.92 Å². The summed E-state index contributed by atoms with van der Waals surface area (Å²) in [5.41, 5.74) is -7.64. The van der Waals surface area contributed by atoms with Gasteiger partial charge >= 0.3 is 36.2 Å². The maximum atomic E-state index is 14.8. The van der Waals surface area contributed by atoms with E-state index < -0.39 is 72.6 Å². The molecule has 178 valence electrons. The lowest BCUT2D eigenvalue weighted by Crippen LogP contribution is -2.76. The van der Waals surface area contributed by atoms with Crippen LogP contribution in [0.4, 0.5) is 48.3 Å². The largest absolute Gasteiger partial charge is 0.452 e. The highest BCUT2D eigenvalue weighted by atomic mass is 19.4. The van der Waals surface area contributed by atoms with Gasteiger partial charge < -0.3 is 14.6 Å². The zero-order valence-corrected chi connectivity index (χ0v) is 15.5. The Bertz CT molecular complexity index is 656. The van der Waals surface area contributed by atoms with Crippen molar-refractivity contribution in [3.05, 3.63) is 0 Å². The first-order valence-corrected chi connectivity index (χ1v) is 8.28. The predicted molar refractivity (Wildman–Crippen MR) is 75.1 cm³/mol. The second-order valence-corrected chi connectivity index (χ2v) is 6.99. The number of hydrogen-bond donors (Lipinski definition) is 1. The highest BCUT2D eigenvalue weighted by molar-refractivity contribution is 5.78. The first-order chi connectivity index (χ1) is 13.1. The van der Waals surface area contributed by atoms with Crippen molar-refractivity contribution < 1.29 is 67.7 Å². The van der Waals surface area contributed by atoms with Crippen molar-refractivity contribution in [3.63, 3.8) is 0 Å². The van der Waals surface area contributed by atoms with Gasteiger partial charge in [0.1, 0.15) is 0 Å². The molecule has 4 unspecified atom stereocenters. The topological polar surface area (TPSA) is 55.8 Å². The molecule has 0 aromatic heterocycles. The van der Waals surface area contributed by atoms with Crippen LogP contribution in [0.5, 0.6) is 0 Å². The normalized spacial score (nSPS) is 32.4. The fraction of sp³-hybridized carbons (Fsp3) is 0.933. The molecular formula is C15H17F11O4. The number of halogens is 11. The van der Waals surface area contributed by atoms with Crippen molar-refractivity contribution in [1.82, 2.24) is 0 Å². The lowest BCUT2D eigenvalue weighted by Gasteiger charge is -2.53. The van der Waals surface area contributed by atoms with Crippen molar-refractivity contribution in [2.45, 2.75) is 82.0 Å². The molecule has 4 nitrogen and oxygen atoms in total. The molecule has 0 aromatic carbocycles. The average molecular weight is 470 g/mol. The van der Waals surface area contributed by atoms with E-state index in [0.29, 0.717) is 6.92 Å². The molecule has 0 spiro atoms. The van der Waals surface area contributed by atoms with Gasteiger partial charge in [0.2, 0.25) is 0 Å². The quantitative estimate of drug-likeness (QED) is 0.470. The Labute approximate surface area is 162 Å². The Morgan fingerprint density at radius 3 is 1.83 bits per heavy atom. The molecule has 0 aliphatic carbocycles. The molecule has 0 bridgehead atoms. The van der Waals surface area contributed by atoms with Crippen LogP contribution < -0.4 is 0 Å². The van der Waals surface area contributed by atoms with Crippen LogP contribution in [0.25, 0.3) is 0 Å². The van der Waals surface area contributed by atoms with E-state index in [1.807, 2.05) is 0 Å². The lowest BCUT2D eigenvalue weighted by molar-refractivity contribution is -0.498. The molecule has 0 saturated carbocycles. The lowest BCUT2D eigenvalue weighted by atomic mass is 9.77. The minimum Gasteiger partial charge on any atom is -0.452 e. The summed E-state index contributed by atoms with van der Waals surface area (Å²) in [5.74, 6) is -14.1. The van der Waals surface area contributed by atoms with Gasteiger partial charge in [-0.1, -0.05) is 13.8 Å². The van der Waals surface area contributed by atoms with E-state index in [4.69, 9.17) is 0 Å². The van der Waals surface area contributed by atoms with Gasteiger partial charge in [0, 0.05) is 6.42 Å². The van der Waals surface area contributed by atoms with Gasteiger partial charge in [-0.25, -0.2) is 0 Å². The maximum absolute atomic E-state index is 14.8. The van der Waals surface area contributed by atoms with Crippen molar-refractivity contribution >= 4 is 5.97 Å². The molecule has 1 saturated heterocycles. The number of ether oxygens (including phenoxy) is 2. The Morgan fingerprint density at radius 2 is 1.53 bits per heavy atom. The second-order valence-electron chi connectivity index (χ2n) is 6.99. The minimum atomic E-state index is -6.54. The first-order valence-electron chi connectivity index (χ1n) is 8.28. The van der Waals surface area contributed by atoms with Crippen LogP contribution in [0.3, 0.4) is 0 Å². The zero-order valence-electron chi connectivity index (χ0n) is 15.5. The third-order valence-corrected chi connectivity index (χ3v) is 5.22. The van der Waals surface area contributed by atoms with E-state index in [1.54, 1.807) is 0 Å². The Balaban J connectivity index is 3.68. The van der Waals surface area contributed by atoms with Crippen molar-refractivity contribution in [2.75, 3.05) is 0 Å². The number of hydrogen-bond acceptors (Lipinski definition) is 4. The second kappa shape index (κ2) is 7.35. The van der Waals surface area contributed by atoms with Gasteiger partial charge in [-0.2, -0.15) is 48.3 Å². The Hall–Kier alpha value is -1.38. The van der Waals surface area contributed by atoms with Gasteiger partial charge in [-0.15, -0.1) is 0 Å². The molecule has 1 heterocycles. The molecule has 1 aliphatic rings. The predicted octanol–water partition coefficient (Wildman–Crippen LogP) is 4.89. The summed E-state index contributed by atoms with van der Waals surface area (Å²) in [6, 6.07) is 0. The molecule has 4 atom stereocenters. The van der Waals surface area contributed by atoms with Crippen LogP contribution in [-0.4, -0.2) is 53.0 Å². The summed E-state index contributed by atoms with van der Waals surface area (Å²) < 4.78 is 155. The summed E-state index contributed by atoms with van der Waals surface area (Å²) in [5, 5.41) is 9.46. The highest BCUT2D eigenvalue weighted by Gasteiger charge is 2.83. The summed E-state index contributed by atoms with van der Waals surface area (Å²) in [6.07, 6.45) is -26.3. The van der Waals surface area contributed by atoms with Crippen LogP contribution in [0.15, 0.2) is 0 Å². The molecule has 15 heteroatoms. The number of alkyl halides is 11. The van der Waals surface area contributed by atoms with Crippen molar-refractivity contribution in [3.8, 4) is 0 Å². The number of esters is 1. The van der Waals surface area contributed by atoms with Gasteiger partial charge in [-0.05, 0) is 19.8 Å². The number of aliphatic hydroxyl groups is 1. The molecule has 1 N–H and O–H groups in total. The van der Waals surface area contributed by atoms with Crippen LogP contribution in [0.2, 0.25) is 0 Å². The fourth-order valence-corrected chi connectivity index (χ4v) is 2.78. The Kier molecular flexibility index (Phi) is 6.53. The third-order valence-electron chi connectivity index (χ3n) is 5.22. The Morgan fingerprint density at radius 1 is 1.07 bits per heavy atom. The number of carbonyl (C=O) groups excluding carboxylic acids is 1. The van der Waals surface area contributed by atoms with E-state index >= 15 is 0 Å². The van der Waals surface area contributed by atoms with E-state index in [-0.39, 0.29) is 6.92 Å². The summed E-state index contributed by atoms with van der Waals surface area (Å²) in [4.78, 5) is 12.1. The zero-order chi connectivity index (χ0) is 24.2. The average Bonchev–Trinajstić information content (AvgIpc) is 2.54. The maximum Gasteiger partial charge on any atom is 0.449 e. The third kappa shape index (κ3) is 3.82. The molecule has 30 heavy (non-hydrogen) atoms. The van der Waals surface area contributed by atoms with Crippen LogP contribution in [0.1, 0.15) is 40.0 Å². The van der Waals surface area contributed by atoms with Crippen molar-refractivity contribution in [2.24, 2.45) is 5.41 Å². The summed E-state index contributed by atoms with van der Waals surface area (Å²) in [6.45, 7) is 1.53. The van der Waals surface area contributed by atoms with Crippen LogP contribution in [-0.2, 0) is 14.3 Å². The van der Waals surface area contributed by atoms with E-state index in [1.165, 1.54) is 0 Å². The molecular weight excluding hydrogens is 453 g/mol. The number of carbonyl (C=O) groups is 1. The van der Waals surface area contributed by atoms with Gasteiger partial charge in [0.05, 0.1) is 0 Å². The smallest absolute Gasteiger partial charge is 0.449 e. The summed E-state index contributed by atoms with van der Waals surface area (Å²) in [7, 11) is 0. The standard InChI is InChI=1S/C15H17F11O4/c1-4-9(3,14(21,22)23)8(27)30-10(5-2)6-7(11(16,17)18)29-13(28,12(10,19)20)15(24,25)26/h7,28H,4-6H2,1-3H3. The van der Waals surface area contributed by atoms with Crippen LogP contribution in [0, 0.1) is 5.41 Å². The molecule has 0 aromatic rings. The van der Waals surface area contributed by atoms with E-state index in [9.17, 15) is 58.2 Å². The van der Waals surface area contributed by atoms with Gasteiger partial charge in [0.15, 0.2) is 17.1 Å².